The fourth-order valence-electron chi connectivity index (χ4n) is 1.59. The van der Waals surface area contributed by atoms with Crippen LogP contribution in [0.2, 0.25) is 10.0 Å². The quantitative estimate of drug-likeness (QED) is 0.839. The summed E-state index contributed by atoms with van der Waals surface area (Å²) in [5.74, 6) is 0.296. The number of nitrogen functional groups attached to an aromatic ring is 1. The van der Waals surface area contributed by atoms with E-state index in [1.54, 1.807) is 32.0 Å². The zero-order chi connectivity index (χ0) is 15.6. The zero-order valence-electron chi connectivity index (χ0n) is 11.4. The third kappa shape index (κ3) is 3.40. The maximum atomic E-state index is 10.9. The lowest BCUT2D eigenvalue weighted by molar-refractivity contribution is -0.110. The van der Waals surface area contributed by atoms with E-state index in [0.717, 1.165) is 6.29 Å². The first-order valence-electron chi connectivity index (χ1n) is 6.03. The summed E-state index contributed by atoms with van der Waals surface area (Å²) in [4.78, 5) is 15.0. The summed E-state index contributed by atoms with van der Waals surface area (Å²) in [6, 6.07) is 5.11. The maximum absolute atomic E-state index is 10.9. The van der Waals surface area contributed by atoms with Crippen LogP contribution in [0, 0.1) is 0 Å². The van der Waals surface area contributed by atoms with Gasteiger partial charge in [-0.25, -0.2) is 0 Å². The van der Waals surface area contributed by atoms with Gasteiger partial charge in [0.25, 0.3) is 0 Å². The summed E-state index contributed by atoms with van der Waals surface area (Å²) in [7, 11) is 0. The molecule has 110 valence electrons. The van der Waals surface area contributed by atoms with E-state index >= 15 is 0 Å². The molecule has 1 aromatic heterocycles. The summed E-state index contributed by atoms with van der Waals surface area (Å²) in [5.41, 5.74) is 5.95. The molecule has 2 aromatic rings. The summed E-state index contributed by atoms with van der Waals surface area (Å²) in [6.45, 7) is 3.36. The molecule has 0 spiro atoms. The fourth-order valence-corrected chi connectivity index (χ4v) is 1.98. The standard InChI is InChI=1S/C13H13Cl2N5O/c1-13(2,6-21)18-12-17-11(16)10(19-20-12)7-4-3-5-8(14)9(7)15/h3-6H,1-2H3,(H3,16,17,18,20). The molecule has 0 unspecified atom stereocenters. The Morgan fingerprint density at radius 2 is 2.00 bits per heavy atom. The first-order chi connectivity index (χ1) is 9.84. The number of aldehydes is 1. The molecule has 0 fully saturated rings. The van der Waals surface area contributed by atoms with Crippen LogP contribution < -0.4 is 11.1 Å². The van der Waals surface area contributed by atoms with E-state index < -0.39 is 5.54 Å². The average molecular weight is 326 g/mol. The van der Waals surface area contributed by atoms with E-state index in [2.05, 4.69) is 20.5 Å². The van der Waals surface area contributed by atoms with Crippen LogP contribution in [0.5, 0.6) is 0 Å². The van der Waals surface area contributed by atoms with Gasteiger partial charge in [0.1, 0.15) is 12.0 Å². The molecule has 2 rings (SSSR count). The summed E-state index contributed by atoms with van der Waals surface area (Å²) >= 11 is 12.1. The van der Waals surface area contributed by atoms with Crippen LogP contribution in [0.4, 0.5) is 11.8 Å². The second-order valence-electron chi connectivity index (χ2n) is 4.94. The Kier molecular flexibility index (Phi) is 4.29. The third-order valence-corrected chi connectivity index (χ3v) is 3.47. The van der Waals surface area contributed by atoms with Crippen molar-refractivity contribution in [3.8, 4) is 11.3 Å². The van der Waals surface area contributed by atoms with Crippen molar-refractivity contribution in [3.05, 3.63) is 28.2 Å². The van der Waals surface area contributed by atoms with Crippen LogP contribution in [0.25, 0.3) is 11.3 Å². The maximum Gasteiger partial charge on any atom is 0.245 e. The molecule has 0 aliphatic rings. The van der Waals surface area contributed by atoms with Gasteiger partial charge in [-0.1, -0.05) is 35.3 Å². The first kappa shape index (κ1) is 15.5. The molecule has 0 aliphatic heterocycles. The minimum Gasteiger partial charge on any atom is -0.382 e. The van der Waals surface area contributed by atoms with Gasteiger partial charge in [0.05, 0.1) is 15.6 Å². The fraction of sp³-hybridized carbons (Fsp3) is 0.231. The number of anilines is 2. The Labute approximate surface area is 131 Å². The predicted molar refractivity (Wildman–Crippen MR) is 83.5 cm³/mol. The number of rotatable bonds is 4. The van der Waals surface area contributed by atoms with Crippen LogP contribution in [0.15, 0.2) is 18.2 Å². The van der Waals surface area contributed by atoms with Crippen molar-refractivity contribution < 1.29 is 4.79 Å². The molecule has 21 heavy (non-hydrogen) atoms. The molecule has 0 radical (unpaired) electrons. The molecule has 8 heteroatoms. The van der Waals surface area contributed by atoms with Crippen LogP contribution in [-0.2, 0) is 4.79 Å². The van der Waals surface area contributed by atoms with Gasteiger partial charge in [0.2, 0.25) is 5.95 Å². The van der Waals surface area contributed by atoms with E-state index in [4.69, 9.17) is 28.9 Å². The number of hydrogen-bond donors (Lipinski definition) is 2. The summed E-state index contributed by atoms with van der Waals surface area (Å²) in [6.07, 6.45) is 0.744. The van der Waals surface area contributed by atoms with Crippen LogP contribution in [0.1, 0.15) is 13.8 Å². The number of nitrogens with one attached hydrogen (secondary N) is 1. The summed E-state index contributed by atoms with van der Waals surface area (Å²) < 4.78 is 0. The highest BCUT2D eigenvalue weighted by molar-refractivity contribution is 6.43. The zero-order valence-corrected chi connectivity index (χ0v) is 12.9. The Morgan fingerprint density at radius 3 is 2.62 bits per heavy atom. The van der Waals surface area contributed by atoms with Crippen LogP contribution >= 0.6 is 23.2 Å². The largest absolute Gasteiger partial charge is 0.382 e. The van der Waals surface area contributed by atoms with Crippen molar-refractivity contribution in [2.24, 2.45) is 0 Å². The van der Waals surface area contributed by atoms with Gasteiger partial charge in [-0.2, -0.15) is 4.98 Å². The SMILES string of the molecule is CC(C)(C=O)Nc1nnc(-c2cccc(Cl)c2Cl)c(N)n1. The molecule has 0 saturated heterocycles. The highest BCUT2D eigenvalue weighted by Crippen LogP contribution is 2.34. The monoisotopic (exact) mass is 325 g/mol. The number of hydrogen-bond acceptors (Lipinski definition) is 6. The van der Waals surface area contributed by atoms with Gasteiger partial charge in [-0.15, -0.1) is 10.2 Å². The van der Waals surface area contributed by atoms with Gasteiger partial charge >= 0.3 is 0 Å². The number of halogens is 2. The van der Waals surface area contributed by atoms with Crippen LogP contribution in [-0.4, -0.2) is 27.0 Å². The van der Waals surface area contributed by atoms with E-state index in [-0.39, 0.29) is 11.8 Å². The lowest BCUT2D eigenvalue weighted by atomic mass is 10.1. The van der Waals surface area contributed by atoms with Gasteiger partial charge in [-0.3, -0.25) is 0 Å². The molecule has 1 heterocycles. The molecule has 0 aliphatic carbocycles. The number of nitrogens with two attached hydrogens (primary N) is 1. The number of carbonyl (C=O) groups is 1. The average Bonchev–Trinajstić information content (AvgIpc) is 2.42. The molecule has 6 nitrogen and oxygen atoms in total. The van der Waals surface area contributed by atoms with Crippen molar-refractivity contribution in [1.29, 1.82) is 0 Å². The molecule has 0 saturated carbocycles. The van der Waals surface area contributed by atoms with Crippen molar-refractivity contribution in [2.45, 2.75) is 19.4 Å². The van der Waals surface area contributed by atoms with E-state index in [9.17, 15) is 4.79 Å². The highest BCUT2D eigenvalue weighted by Gasteiger charge is 2.19. The molecule has 3 N–H and O–H groups in total. The van der Waals surface area contributed by atoms with Gasteiger partial charge in [0, 0.05) is 5.56 Å². The number of aromatic nitrogens is 3. The van der Waals surface area contributed by atoms with Gasteiger partial charge in [-0.05, 0) is 19.9 Å². The van der Waals surface area contributed by atoms with Crippen LogP contribution in [0.3, 0.4) is 0 Å². The number of carbonyl (C=O) groups excluding carboxylic acids is 1. The summed E-state index contributed by atoms with van der Waals surface area (Å²) in [5, 5.41) is 11.5. The van der Waals surface area contributed by atoms with E-state index in [1.807, 2.05) is 0 Å². The minimum atomic E-state index is -0.816. The van der Waals surface area contributed by atoms with Gasteiger partial charge in [0.15, 0.2) is 5.82 Å². The Bertz CT molecular complexity index is 690. The molecular formula is C13H13Cl2N5O. The predicted octanol–water partition coefficient (Wildman–Crippen LogP) is 2.82. The number of nitrogens with zero attached hydrogens (tertiary/aromatic N) is 3. The van der Waals surface area contributed by atoms with Crippen molar-refractivity contribution in [1.82, 2.24) is 15.2 Å². The second-order valence-corrected chi connectivity index (χ2v) is 5.72. The molecular weight excluding hydrogens is 313 g/mol. The molecule has 0 bridgehead atoms. The van der Waals surface area contributed by atoms with Gasteiger partial charge < -0.3 is 15.8 Å². The minimum absolute atomic E-state index is 0.137. The lowest BCUT2D eigenvalue weighted by Crippen LogP contribution is -2.33. The lowest BCUT2D eigenvalue weighted by Gasteiger charge is -2.18. The smallest absolute Gasteiger partial charge is 0.245 e. The Hall–Kier alpha value is -1.92. The second kappa shape index (κ2) is 5.83. The highest BCUT2D eigenvalue weighted by atomic mass is 35.5. The normalized spacial score (nSPS) is 11.2. The molecule has 0 atom stereocenters. The van der Waals surface area contributed by atoms with Crippen molar-refractivity contribution >= 4 is 41.3 Å². The molecule has 1 aromatic carbocycles. The first-order valence-corrected chi connectivity index (χ1v) is 6.79. The number of benzene rings is 1. The van der Waals surface area contributed by atoms with E-state index in [0.29, 0.717) is 21.3 Å². The van der Waals surface area contributed by atoms with E-state index in [1.165, 1.54) is 0 Å². The van der Waals surface area contributed by atoms with Crippen molar-refractivity contribution in [3.63, 3.8) is 0 Å². The van der Waals surface area contributed by atoms with Crippen molar-refractivity contribution in [2.75, 3.05) is 11.1 Å². The Balaban J connectivity index is 2.40. The third-order valence-electron chi connectivity index (χ3n) is 2.65. The topological polar surface area (TPSA) is 93.8 Å². The molecule has 0 amide bonds. The Morgan fingerprint density at radius 1 is 1.29 bits per heavy atom.